The van der Waals surface area contributed by atoms with Crippen LogP contribution in [0.2, 0.25) is 0 Å². The first-order valence-corrected chi connectivity index (χ1v) is 7.63. The summed E-state index contributed by atoms with van der Waals surface area (Å²) in [6.45, 7) is 3.93. The number of hydrogen-bond acceptors (Lipinski definition) is 5. The number of carbonyl (C=O) groups excluding carboxylic acids is 1. The topological polar surface area (TPSA) is 82.8 Å². The molecule has 20 heavy (non-hydrogen) atoms. The molecule has 1 aliphatic heterocycles. The van der Waals surface area contributed by atoms with Crippen LogP contribution in [-0.4, -0.2) is 52.5 Å². The summed E-state index contributed by atoms with van der Waals surface area (Å²) in [5, 5.41) is 11.6. The van der Waals surface area contributed by atoms with Gasteiger partial charge < -0.3 is 14.8 Å². The number of nitrogens with zero attached hydrogens (tertiary/aromatic N) is 1. The van der Waals surface area contributed by atoms with Gasteiger partial charge in [-0.1, -0.05) is 0 Å². The molecule has 1 amide bonds. The summed E-state index contributed by atoms with van der Waals surface area (Å²) in [5.74, 6) is 1.45. The van der Waals surface area contributed by atoms with E-state index in [0.717, 1.165) is 24.6 Å². The molecule has 0 spiro atoms. The van der Waals surface area contributed by atoms with Gasteiger partial charge in [-0.2, -0.15) is 11.8 Å². The lowest BCUT2D eigenvalue weighted by molar-refractivity contribution is -0.126. The molecule has 110 valence electrons. The van der Waals surface area contributed by atoms with E-state index in [-0.39, 0.29) is 24.1 Å². The molecule has 1 atom stereocenters. The number of aromatic carboxylic acids is 1. The molecular weight excluding hydrogens is 280 g/mol. The fourth-order valence-corrected chi connectivity index (χ4v) is 2.97. The summed E-state index contributed by atoms with van der Waals surface area (Å²) in [6.07, 6.45) is 1.18. The molecule has 1 aromatic rings. The minimum atomic E-state index is -1.04. The Labute approximate surface area is 121 Å². The van der Waals surface area contributed by atoms with Crippen LogP contribution in [0.3, 0.4) is 0 Å². The van der Waals surface area contributed by atoms with Gasteiger partial charge in [0.2, 0.25) is 5.91 Å². The van der Waals surface area contributed by atoms with Crippen molar-refractivity contribution in [2.45, 2.75) is 19.5 Å². The lowest BCUT2D eigenvalue weighted by atomic mass is 10.2. The molecule has 1 fully saturated rings. The van der Waals surface area contributed by atoms with Crippen molar-refractivity contribution in [3.05, 3.63) is 23.7 Å². The van der Waals surface area contributed by atoms with Crippen LogP contribution in [0.1, 0.15) is 23.0 Å². The minimum Gasteiger partial charge on any atom is -0.478 e. The Bertz CT molecular complexity index is 482. The lowest BCUT2D eigenvalue weighted by Crippen LogP contribution is -2.48. The molecule has 0 aliphatic carbocycles. The Hall–Kier alpha value is -1.47. The van der Waals surface area contributed by atoms with Gasteiger partial charge in [0.05, 0.1) is 18.2 Å². The minimum absolute atomic E-state index is 0.0647. The maximum Gasteiger partial charge on any atom is 0.338 e. The zero-order chi connectivity index (χ0) is 14.5. The molecule has 1 unspecified atom stereocenters. The molecule has 2 rings (SSSR count). The van der Waals surface area contributed by atoms with Crippen LogP contribution in [0.5, 0.6) is 0 Å². The molecule has 2 N–H and O–H groups in total. The highest BCUT2D eigenvalue weighted by Crippen LogP contribution is 2.12. The van der Waals surface area contributed by atoms with E-state index in [1.54, 1.807) is 0 Å². The monoisotopic (exact) mass is 298 g/mol. The van der Waals surface area contributed by atoms with Gasteiger partial charge in [-0.3, -0.25) is 9.69 Å². The number of hydrogen-bond donors (Lipinski definition) is 2. The van der Waals surface area contributed by atoms with Gasteiger partial charge in [0.15, 0.2) is 0 Å². The summed E-state index contributed by atoms with van der Waals surface area (Å²) in [5.41, 5.74) is 0.0929. The molecule has 1 aliphatic rings. The van der Waals surface area contributed by atoms with Crippen LogP contribution in [0.4, 0.5) is 0 Å². The molecule has 1 aromatic heterocycles. The summed E-state index contributed by atoms with van der Waals surface area (Å²) >= 11 is 1.90. The molecule has 0 saturated carbocycles. The van der Waals surface area contributed by atoms with Crippen molar-refractivity contribution in [2.75, 3.05) is 24.6 Å². The zero-order valence-electron chi connectivity index (χ0n) is 11.3. The molecule has 0 aromatic carbocycles. The average molecular weight is 298 g/mol. The van der Waals surface area contributed by atoms with Gasteiger partial charge in [0.1, 0.15) is 12.0 Å². The van der Waals surface area contributed by atoms with Gasteiger partial charge in [0.25, 0.3) is 0 Å². The van der Waals surface area contributed by atoms with Gasteiger partial charge >= 0.3 is 5.97 Å². The Kier molecular flexibility index (Phi) is 5.08. The molecule has 0 bridgehead atoms. The van der Waals surface area contributed by atoms with Crippen LogP contribution in [0.15, 0.2) is 16.7 Å². The number of amides is 1. The quantitative estimate of drug-likeness (QED) is 0.845. The first-order chi connectivity index (χ1) is 9.58. The third kappa shape index (κ3) is 3.77. The molecule has 6 nitrogen and oxygen atoms in total. The normalized spacial score (nSPS) is 17.6. The first kappa shape index (κ1) is 14.9. The van der Waals surface area contributed by atoms with E-state index in [9.17, 15) is 9.59 Å². The Morgan fingerprint density at radius 1 is 1.50 bits per heavy atom. The number of thioether (sulfide) groups is 1. The van der Waals surface area contributed by atoms with E-state index in [0.29, 0.717) is 5.76 Å². The van der Waals surface area contributed by atoms with Crippen LogP contribution in [0, 0.1) is 0 Å². The van der Waals surface area contributed by atoms with E-state index in [2.05, 4.69) is 10.2 Å². The smallest absolute Gasteiger partial charge is 0.338 e. The van der Waals surface area contributed by atoms with Crippen LogP contribution >= 0.6 is 11.8 Å². The van der Waals surface area contributed by atoms with E-state index in [1.165, 1.54) is 12.3 Å². The van der Waals surface area contributed by atoms with Crippen molar-refractivity contribution in [3.8, 4) is 0 Å². The summed E-state index contributed by atoms with van der Waals surface area (Å²) in [4.78, 5) is 24.9. The highest BCUT2D eigenvalue weighted by molar-refractivity contribution is 7.99. The van der Waals surface area contributed by atoms with Gasteiger partial charge in [-0.25, -0.2) is 4.79 Å². The Morgan fingerprint density at radius 3 is 2.80 bits per heavy atom. The second-order valence-electron chi connectivity index (χ2n) is 4.65. The first-order valence-electron chi connectivity index (χ1n) is 6.48. The second kappa shape index (κ2) is 6.81. The number of carboxylic acids is 1. The maximum absolute atomic E-state index is 12.0. The SMILES string of the molecule is CC(C(=O)NCc1cc(C(=O)O)co1)N1CCSCC1. The maximum atomic E-state index is 12.0. The van der Waals surface area contributed by atoms with Gasteiger partial charge in [-0.15, -0.1) is 0 Å². The van der Waals surface area contributed by atoms with Crippen molar-refractivity contribution in [2.24, 2.45) is 0 Å². The van der Waals surface area contributed by atoms with Crippen molar-refractivity contribution in [1.29, 1.82) is 0 Å². The number of carboxylic acid groups (broad SMARTS) is 1. The molecular formula is C13H18N2O4S. The van der Waals surface area contributed by atoms with Crippen molar-refractivity contribution < 1.29 is 19.1 Å². The number of carbonyl (C=O) groups is 2. The van der Waals surface area contributed by atoms with Crippen LogP contribution in [-0.2, 0) is 11.3 Å². The second-order valence-corrected chi connectivity index (χ2v) is 5.87. The Balaban J connectivity index is 1.82. The highest BCUT2D eigenvalue weighted by Gasteiger charge is 2.22. The Morgan fingerprint density at radius 2 is 2.20 bits per heavy atom. The van der Waals surface area contributed by atoms with Crippen molar-refractivity contribution in [1.82, 2.24) is 10.2 Å². The highest BCUT2D eigenvalue weighted by atomic mass is 32.2. The fourth-order valence-electron chi connectivity index (χ4n) is 2.04. The molecule has 2 heterocycles. The van der Waals surface area contributed by atoms with Crippen molar-refractivity contribution >= 4 is 23.6 Å². The van der Waals surface area contributed by atoms with E-state index >= 15 is 0 Å². The summed E-state index contributed by atoms with van der Waals surface area (Å²) in [7, 11) is 0. The molecule has 0 radical (unpaired) electrons. The lowest BCUT2D eigenvalue weighted by Gasteiger charge is -2.30. The van der Waals surface area contributed by atoms with Gasteiger partial charge in [0, 0.05) is 24.6 Å². The zero-order valence-corrected chi connectivity index (χ0v) is 12.1. The van der Waals surface area contributed by atoms with E-state index < -0.39 is 5.97 Å². The fraction of sp³-hybridized carbons (Fsp3) is 0.538. The number of furan rings is 1. The largest absolute Gasteiger partial charge is 0.478 e. The van der Waals surface area contributed by atoms with Crippen LogP contribution < -0.4 is 5.32 Å². The molecule has 7 heteroatoms. The summed E-state index contributed by atoms with van der Waals surface area (Å²) < 4.78 is 5.09. The third-order valence-electron chi connectivity index (χ3n) is 3.31. The van der Waals surface area contributed by atoms with Gasteiger partial charge in [-0.05, 0) is 13.0 Å². The third-order valence-corrected chi connectivity index (χ3v) is 4.25. The average Bonchev–Trinajstić information content (AvgIpc) is 2.94. The van der Waals surface area contributed by atoms with E-state index in [4.69, 9.17) is 9.52 Å². The number of nitrogens with one attached hydrogen (secondary N) is 1. The predicted molar refractivity (Wildman–Crippen MR) is 75.9 cm³/mol. The standard InChI is InChI=1S/C13H18N2O4S/c1-9(15-2-4-20-5-3-15)12(16)14-7-11-6-10(8-19-11)13(17)18/h6,8-9H,2-5,7H2,1H3,(H,14,16)(H,17,18). The molecule has 1 saturated heterocycles. The predicted octanol–water partition coefficient (Wildman–Crippen LogP) is 1.03. The summed E-state index contributed by atoms with van der Waals surface area (Å²) in [6, 6.07) is 1.25. The van der Waals surface area contributed by atoms with E-state index in [1.807, 2.05) is 18.7 Å². The number of rotatable bonds is 5. The van der Waals surface area contributed by atoms with Crippen molar-refractivity contribution in [3.63, 3.8) is 0 Å². The van der Waals surface area contributed by atoms with Crippen LogP contribution in [0.25, 0.3) is 0 Å².